The number of hydrogen-bond donors (Lipinski definition) is 2. The van der Waals surface area contributed by atoms with Gasteiger partial charge >= 0.3 is 0 Å². The van der Waals surface area contributed by atoms with Crippen molar-refractivity contribution in [1.29, 1.82) is 0 Å². The minimum absolute atomic E-state index is 0.00779. The van der Waals surface area contributed by atoms with Gasteiger partial charge in [-0.3, -0.25) is 4.79 Å². The topological polar surface area (TPSA) is 64.3 Å². The number of anilines is 1. The van der Waals surface area contributed by atoms with Gasteiger partial charge in [-0.15, -0.1) is 11.3 Å². The monoisotopic (exact) mass is 304 g/mol. The summed E-state index contributed by atoms with van der Waals surface area (Å²) >= 11 is 1.63. The number of nitrogens with one attached hydrogen (secondary N) is 1. The third kappa shape index (κ3) is 3.55. The van der Waals surface area contributed by atoms with Crippen molar-refractivity contribution in [1.82, 2.24) is 5.32 Å². The highest BCUT2D eigenvalue weighted by Crippen LogP contribution is 2.27. The van der Waals surface area contributed by atoms with E-state index in [-0.39, 0.29) is 11.9 Å². The molecule has 1 amide bonds. The molecule has 0 radical (unpaired) electrons. The van der Waals surface area contributed by atoms with E-state index in [1.807, 2.05) is 31.4 Å². The van der Waals surface area contributed by atoms with E-state index < -0.39 is 0 Å². The van der Waals surface area contributed by atoms with Crippen LogP contribution in [-0.4, -0.2) is 12.5 Å². The minimum Gasteiger partial charge on any atom is -0.493 e. The van der Waals surface area contributed by atoms with Crippen molar-refractivity contribution in [2.45, 2.75) is 26.3 Å². The van der Waals surface area contributed by atoms with Crippen molar-refractivity contribution in [3.05, 3.63) is 46.2 Å². The average Bonchev–Trinajstić information content (AvgIpc) is 2.99. The molecule has 1 unspecified atom stereocenters. The first-order valence-electron chi connectivity index (χ1n) is 7.02. The highest BCUT2D eigenvalue weighted by Gasteiger charge is 2.20. The van der Waals surface area contributed by atoms with Crippen molar-refractivity contribution >= 4 is 22.9 Å². The molecule has 0 saturated carbocycles. The summed E-state index contributed by atoms with van der Waals surface area (Å²) in [7, 11) is 0. The fraction of sp³-hybridized carbons (Fsp3) is 0.312. The second-order valence-electron chi connectivity index (χ2n) is 4.60. The van der Waals surface area contributed by atoms with Gasteiger partial charge in [0.05, 0.1) is 12.6 Å². The first-order chi connectivity index (χ1) is 10.2. The summed E-state index contributed by atoms with van der Waals surface area (Å²) < 4.78 is 5.51. The SMILES string of the molecule is CCOc1cccc(N)c1C(=O)NC(CC)c1cccs1. The summed E-state index contributed by atoms with van der Waals surface area (Å²) in [5, 5.41) is 5.04. The highest BCUT2D eigenvalue weighted by atomic mass is 32.1. The van der Waals surface area contributed by atoms with Crippen LogP contribution < -0.4 is 15.8 Å². The Morgan fingerprint density at radius 2 is 2.14 bits per heavy atom. The quantitative estimate of drug-likeness (QED) is 0.801. The molecule has 0 saturated heterocycles. The molecule has 0 fully saturated rings. The van der Waals surface area contributed by atoms with E-state index in [0.29, 0.717) is 23.6 Å². The van der Waals surface area contributed by atoms with Crippen LogP contribution in [0.5, 0.6) is 5.75 Å². The lowest BCUT2D eigenvalue weighted by Crippen LogP contribution is -2.28. The predicted octanol–water partition coefficient (Wildman–Crippen LogP) is 3.61. The minimum atomic E-state index is -0.197. The van der Waals surface area contributed by atoms with Crippen molar-refractivity contribution in [2.24, 2.45) is 0 Å². The molecule has 1 atom stereocenters. The van der Waals surface area contributed by atoms with Crippen LogP contribution in [0.3, 0.4) is 0 Å². The summed E-state index contributed by atoms with van der Waals surface area (Å²) in [6.07, 6.45) is 0.822. The van der Waals surface area contributed by atoms with Crippen LogP contribution in [0.25, 0.3) is 0 Å². The second kappa shape index (κ2) is 7.13. The molecular weight excluding hydrogens is 284 g/mol. The number of nitrogen functional groups attached to an aromatic ring is 1. The van der Waals surface area contributed by atoms with Gasteiger partial charge in [-0.05, 0) is 36.9 Å². The third-order valence-corrected chi connectivity index (χ3v) is 4.17. The molecule has 2 aromatic rings. The summed E-state index contributed by atoms with van der Waals surface area (Å²) in [4.78, 5) is 13.7. The van der Waals surface area contributed by atoms with Gasteiger partial charge in [-0.1, -0.05) is 19.1 Å². The van der Waals surface area contributed by atoms with E-state index >= 15 is 0 Å². The summed E-state index contributed by atoms with van der Waals surface area (Å²) in [6, 6.07) is 9.26. The Balaban J connectivity index is 2.24. The molecule has 21 heavy (non-hydrogen) atoms. The maximum Gasteiger partial charge on any atom is 0.257 e. The largest absolute Gasteiger partial charge is 0.493 e. The second-order valence-corrected chi connectivity index (χ2v) is 5.58. The van der Waals surface area contributed by atoms with Gasteiger partial charge in [0.15, 0.2) is 0 Å². The Morgan fingerprint density at radius 3 is 2.76 bits per heavy atom. The van der Waals surface area contributed by atoms with Crippen molar-refractivity contribution in [3.8, 4) is 5.75 Å². The zero-order chi connectivity index (χ0) is 15.2. The Kier molecular flexibility index (Phi) is 5.22. The van der Waals surface area contributed by atoms with Crippen LogP contribution in [0.15, 0.2) is 35.7 Å². The molecule has 1 aromatic heterocycles. The van der Waals surface area contributed by atoms with Crippen LogP contribution in [0.4, 0.5) is 5.69 Å². The number of rotatable bonds is 6. The van der Waals surface area contributed by atoms with Crippen molar-refractivity contribution in [2.75, 3.05) is 12.3 Å². The van der Waals surface area contributed by atoms with Crippen molar-refractivity contribution in [3.63, 3.8) is 0 Å². The number of carbonyl (C=O) groups excluding carboxylic acids is 1. The molecule has 0 bridgehead atoms. The zero-order valence-electron chi connectivity index (χ0n) is 12.3. The normalized spacial score (nSPS) is 11.9. The molecular formula is C16H20N2O2S. The van der Waals surface area contributed by atoms with Gasteiger partial charge in [0.1, 0.15) is 11.3 Å². The van der Waals surface area contributed by atoms with Gasteiger partial charge in [0.25, 0.3) is 5.91 Å². The molecule has 3 N–H and O–H groups in total. The molecule has 1 aromatic carbocycles. The highest BCUT2D eigenvalue weighted by molar-refractivity contribution is 7.10. The fourth-order valence-electron chi connectivity index (χ4n) is 2.16. The standard InChI is InChI=1S/C16H20N2O2S/c1-3-12(14-9-6-10-21-14)18-16(19)15-11(17)7-5-8-13(15)20-4-2/h5-10,12H,3-4,17H2,1-2H3,(H,18,19). The molecule has 0 aliphatic heterocycles. The van der Waals surface area contributed by atoms with E-state index in [0.717, 1.165) is 11.3 Å². The maximum absolute atomic E-state index is 12.6. The van der Waals surface area contributed by atoms with Crippen LogP contribution >= 0.6 is 11.3 Å². The molecule has 5 heteroatoms. The molecule has 4 nitrogen and oxygen atoms in total. The van der Waals surface area contributed by atoms with E-state index in [4.69, 9.17) is 10.5 Å². The van der Waals surface area contributed by atoms with Crippen LogP contribution in [-0.2, 0) is 0 Å². The molecule has 2 rings (SSSR count). The van der Waals surface area contributed by atoms with E-state index in [1.54, 1.807) is 29.5 Å². The number of ether oxygens (including phenoxy) is 1. The number of amides is 1. The lowest BCUT2D eigenvalue weighted by Gasteiger charge is -2.18. The van der Waals surface area contributed by atoms with Crippen LogP contribution in [0, 0.1) is 0 Å². The fourth-order valence-corrected chi connectivity index (χ4v) is 3.02. The summed E-state index contributed by atoms with van der Waals surface area (Å²) in [5.74, 6) is 0.327. The average molecular weight is 304 g/mol. The Bertz CT molecular complexity index is 596. The Labute approximate surface area is 128 Å². The van der Waals surface area contributed by atoms with Gasteiger partial charge in [0.2, 0.25) is 0 Å². The van der Waals surface area contributed by atoms with Crippen LogP contribution in [0.2, 0.25) is 0 Å². The first-order valence-corrected chi connectivity index (χ1v) is 7.90. The Hall–Kier alpha value is -2.01. The lowest BCUT2D eigenvalue weighted by atomic mass is 10.1. The number of benzene rings is 1. The van der Waals surface area contributed by atoms with E-state index in [2.05, 4.69) is 5.32 Å². The smallest absolute Gasteiger partial charge is 0.257 e. The number of nitrogens with two attached hydrogens (primary N) is 1. The molecule has 0 aliphatic rings. The number of thiophene rings is 1. The summed E-state index contributed by atoms with van der Waals surface area (Å²) in [5.41, 5.74) is 6.79. The van der Waals surface area contributed by atoms with Gasteiger partial charge < -0.3 is 15.8 Å². The molecule has 0 aliphatic carbocycles. The number of hydrogen-bond acceptors (Lipinski definition) is 4. The van der Waals surface area contributed by atoms with Crippen LogP contribution in [0.1, 0.15) is 41.5 Å². The van der Waals surface area contributed by atoms with Crippen molar-refractivity contribution < 1.29 is 9.53 Å². The van der Waals surface area contributed by atoms with Gasteiger partial charge in [-0.2, -0.15) is 0 Å². The third-order valence-electron chi connectivity index (χ3n) is 3.19. The molecule has 1 heterocycles. The van der Waals surface area contributed by atoms with E-state index in [9.17, 15) is 4.79 Å². The number of carbonyl (C=O) groups is 1. The van der Waals surface area contributed by atoms with Gasteiger partial charge in [-0.25, -0.2) is 0 Å². The van der Waals surface area contributed by atoms with Gasteiger partial charge in [0, 0.05) is 10.6 Å². The van der Waals surface area contributed by atoms with E-state index in [1.165, 1.54) is 0 Å². The Morgan fingerprint density at radius 1 is 1.33 bits per heavy atom. The summed E-state index contributed by atoms with van der Waals surface area (Å²) in [6.45, 7) is 4.42. The first kappa shape index (κ1) is 15.4. The zero-order valence-corrected chi connectivity index (χ0v) is 13.1. The maximum atomic E-state index is 12.6. The molecule has 0 spiro atoms. The lowest BCUT2D eigenvalue weighted by molar-refractivity contribution is 0.0933. The predicted molar refractivity (Wildman–Crippen MR) is 86.8 cm³/mol. The molecule has 112 valence electrons.